The van der Waals surface area contributed by atoms with Crippen LogP contribution in [-0.4, -0.2) is 9.78 Å². The largest absolute Gasteiger partial charge is 0.353 e. The summed E-state index contributed by atoms with van der Waals surface area (Å²) in [6.07, 6.45) is 2.10. The van der Waals surface area contributed by atoms with Gasteiger partial charge in [0, 0.05) is 23.7 Å². The average molecular weight is 323 g/mol. The van der Waals surface area contributed by atoms with Crippen LogP contribution in [0.1, 0.15) is 70.0 Å². The maximum Gasteiger partial charge on any atom is 0.0726 e. The summed E-state index contributed by atoms with van der Waals surface area (Å²) < 4.78 is 2.07. The van der Waals surface area contributed by atoms with Gasteiger partial charge in [0.15, 0.2) is 0 Å². The molecule has 2 aliphatic heterocycles. The lowest BCUT2D eigenvalue weighted by molar-refractivity contribution is 0.0649. The van der Waals surface area contributed by atoms with E-state index in [2.05, 4.69) is 94.6 Å². The molecule has 4 rings (SSSR count). The van der Waals surface area contributed by atoms with E-state index in [0.717, 1.165) is 0 Å². The summed E-state index contributed by atoms with van der Waals surface area (Å²) in [5, 5.41) is 4.61. The fraction of sp³-hybridized carbons (Fsp3) is 0.571. The van der Waals surface area contributed by atoms with Crippen molar-refractivity contribution in [3.8, 4) is 0 Å². The van der Waals surface area contributed by atoms with E-state index in [9.17, 15) is 0 Å². The van der Waals surface area contributed by atoms with E-state index in [4.69, 9.17) is 0 Å². The molecule has 1 aromatic heterocycles. The van der Waals surface area contributed by atoms with E-state index in [0.29, 0.717) is 6.04 Å². The van der Waals surface area contributed by atoms with Crippen LogP contribution in [0.15, 0.2) is 24.4 Å². The predicted octanol–water partition coefficient (Wildman–Crippen LogP) is 4.84. The monoisotopic (exact) mass is 323 g/mol. The molecule has 0 bridgehead atoms. The molecule has 0 N–H and O–H groups in total. The Balaban J connectivity index is 2.15. The number of hydrogen-bond donors (Lipinski definition) is 0. The van der Waals surface area contributed by atoms with Crippen molar-refractivity contribution in [3.63, 3.8) is 0 Å². The number of rotatable bonds is 0. The summed E-state index contributed by atoms with van der Waals surface area (Å²) in [5.74, 6) is 0. The van der Waals surface area contributed by atoms with Gasteiger partial charge in [-0.3, -0.25) is 4.68 Å². The summed E-state index contributed by atoms with van der Waals surface area (Å²) in [7, 11) is 2.08. The summed E-state index contributed by atoms with van der Waals surface area (Å²) in [6.45, 7) is 16.7. The highest BCUT2D eigenvalue weighted by atomic mass is 15.4. The number of anilines is 1. The first kappa shape index (κ1) is 15.7. The molecule has 0 fully saturated rings. The van der Waals surface area contributed by atoms with E-state index in [1.54, 1.807) is 0 Å². The van der Waals surface area contributed by atoms with Crippen LogP contribution in [-0.2, 0) is 18.0 Å². The summed E-state index contributed by atoms with van der Waals surface area (Å²) in [4.78, 5) is 2.68. The minimum atomic E-state index is -0.0708. The van der Waals surface area contributed by atoms with Gasteiger partial charge in [-0.25, -0.2) is 0 Å². The second-order valence-electron chi connectivity index (χ2n) is 8.91. The number of fused-ring (bicyclic) bond motifs is 5. The van der Waals surface area contributed by atoms with Crippen LogP contribution in [0, 0.1) is 12.3 Å². The minimum absolute atomic E-state index is 0.0589. The molecule has 2 aliphatic rings. The van der Waals surface area contributed by atoms with Gasteiger partial charge < -0.3 is 4.90 Å². The van der Waals surface area contributed by atoms with Crippen molar-refractivity contribution in [2.24, 2.45) is 12.5 Å². The molecule has 0 aliphatic carbocycles. The Bertz CT molecular complexity index is 843. The number of aryl methyl sites for hydroxylation is 2. The predicted molar refractivity (Wildman–Crippen MR) is 99.4 cm³/mol. The Morgan fingerprint density at radius 2 is 1.71 bits per heavy atom. The van der Waals surface area contributed by atoms with Gasteiger partial charge in [0.1, 0.15) is 0 Å². The molecule has 0 amide bonds. The first-order valence-corrected chi connectivity index (χ1v) is 8.98. The molecule has 24 heavy (non-hydrogen) atoms. The lowest BCUT2D eigenvalue weighted by atomic mass is 9.51. The van der Waals surface area contributed by atoms with Gasteiger partial charge in [0.2, 0.25) is 0 Å². The molecular weight excluding hydrogens is 294 g/mol. The van der Waals surface area contributed by atoms with Crippen molar-refractivity contribution in [2.75, 3.05) is 4.90 Å². The van der Waals surface area contributed by atoms with Crippen LogP contribution in [0.2, 0.25) is 0 Å². The van der Waals surface area contributed by atoms with Crippen LogP contribution >= 0.6 is 0 Å². The molecule has 0 radical (unpaired) electrons. The van der Waals surface area contributed by atoms with Gasteiger partial charge >= 0.3 is 0 Å². The highest BCUT2D eigenvalue weighted by Gasteiger charge is 2.64. The van der Waals surface area contributed by atoms with E-state index in [1.165, 1.54) is 28.1 Å². The summed E-state index contributed by atoms with van der Waals surface area (Å²) in [6, 6.07) is 7.12. The van der Waals surface area contributed by atoms with Crippen LogP contribution in [0.4, 0.5) is 5.69 Å². The third-order valence-electron chi connectivity index (χ3n) is 7.71. The molecule has 2 aromatic rings. The smallest absolute Gasteiger partial charge is 0.0726 e. The molecule has 1 unspecified atom stereocenters. The molecule has 2 atom stereocenters. The van der Waals surface area contributed by atoms with Crippen LogP contribution < -0.4 is 4.90 Å². The van der Waals surface area contributed by atoms with Gasteiger partial charge in [-0.15, -0.1) is 0 Å². The topological polar surface area (TPSA) is 21.1 Å². The maximum atomic E-state index is 4.61. The maximum absolute atomic E-state index is 4.61. The highest BCUT2D eigenvalue weighted by molar-refractivity contribution is 5.71. The molecule has 1 aromatic carbocycles. The zero-order valence-electron chi connectivity index (χ0n) is 16.2. The summed E-state index contributed by atoms with van der Waals surface area (Å²) >= 11 is 0. The van der Waals surface area contributed by atoms with E-state index >= 15 is 0 Å². The number of para-hydroxylation sites is 1. The lowest BCUT2D eigenvalue weighted by Crippen LogP contribution is -2.62. The van der Waals surface area contributed by atoms with Gasteiger partial charge in [-0.1, -0.05) is 45.9 Å². The molecular formula is C21H29N3. The number of hydrogen-bond acceptors (Lipinski definition) is 2. The Morgan fingerprint density at radius 1 is 1.04 bits per heavy atom. The van der Waals surface area contributed by atoms with Gasteiger partial charge in [-0.05, 0) is 37.3 Å². The molecule has 3 heteroatoms. The molecule has 0 saturated carbocycles. The normalized spacial score (nSPS) is 29.2. The minimum Gasteiger partial charge on any atom is -0.353 e. The number of aromatic nitrogens is 2. The van der Waals surface area contributed by atoms with Gasteiger partial charge in [0.05, 0.1) is 23.5 Å². The fourth-order valence-corrected chi connectivity index (χ4v) is 5.44. The van der Waals surface area contributed by atoms with Crippen molar-refractivity contribution < 1.29 is 0 Å². The molecule has 0 saturated heterocycles. The Morgan fingerprint density at radius 3 is 2.38 bits per heavy atom. The van der Waals surface area contributed by atoms with Crippen molar-refractivity contribution in [2.45, 2.75) is 65.5 Å². The van der Waals surface area contributed by atoms with Gasteiger partial charge in [0.25, 0.3) is 0 Å². The highest BCUT2D eigenvalue weighted by Crippen LogP contribution is 2.67. The molecule has 128 valence electrons. The second-order valence-corrected chi connectivity index (χ2v) is 8.91. The van der Waals surface area contributed by atoms with Crippen LogP contribution in [0.25, 0.3) is 0 Å². The Kier molecular flexibility index (Phi) is 2.79. The van der Waals surface area contributed by atoms with Crippen molar-refractivity contribution >= 4 is 5.69 Å². The quantitative estimate of drug-likeness (QED) is 0.691. The van der Waals surface area contributed by atoms with Crippen LogP contribution in [0.3, 0.4) is 0 Å². The fourth-order valence-electron chi connectivity index (χ4n) is 5.44. The summed E-state index contributed by atoms with van der Waals surface area (Å²) in [5.41, 5.74) is 7.07. The first-order valence-electron chi connectivity index (χ1n) is 8.98. The standard InChI is InChI=1S/C21H29N3/c1-13-10-9-11-15-17(13)24-14(2)18-16(12-22-23(18)8)21(24,7)20(5,6)19(15,3)4/h9-12,14H,1-8H3/t14-,21?/m0/s1. The number of nitrogens with zero attached hydrogens (tertiary/aromatic N) is 3. The molecule has 3 heterocycles. The molecule has 0 spiro atoms. The Hall–Kier alpha value is -1.77. The van der Waals surface area contributed by atoms with Crippen molar-refractivity contribution in [1.29, 1.82) is 0 Å². The zero-order chi connectivity index (χ0) is 17.7. The van der Waals surface area contributed by atoms with Crippen LogP contribution in [0.5, 0.6) is 0 Å². The number of benzene rings is 1. The van der Waals surface area contributed by atoms with E-state index < -0.39 is 0 Å². The van der Waals surface area contributed by atoms with Crippen molar-refractivity contribution in [3.05, 3.63) is 46.8 Å². The SMILES string of the molecule is Cc1cccc2c1N1[C@@H](C)c3c(cnn3C)C1(C)C(C)(C)C2(C)C. The van der Waals surface area contributed by atoms with E-state index in [-0.39, 0.29) is 16.4 Å². The van der Waals surface area contributed by atoms with E-state index in [1.807, 2.05) is 0 Å². The Labute approximate surface area is 145 Å². The first-order chi connectivity index (χ1) is 11.1. The molecule has 3 nitrogen and oxygen atoms in total. The third kappa shape index (κ3) is 1.40. The lowest BCUT2D eigenvalue weighted by Gasteiger charge is -2.62. The van der Waals surface area contributed by atoms with Crippen molar-refractivity contribution in [1.82, 2.24) is 9.78 Å². The zero-order valence-corrected chi connectivity index (χ0v) is 16.2. The third-order valence-corrected chi connectivity index (χ3v) is 7.71. The average Bonchev–Trinajstić information content (AvgIpc) is 2.98. The second kappa shape index (κ2) is 4.25. The van der Waals surface area contributed by atoms with Gasteiger partial charge in [-0.2, -0.15) is 5.10 Å².